The molecule has 2 aromatic carbocycles. The van der Waals surface area contributed by atoms with Gasteiger partial charge in [-0.3, -0.25) is 0 Å². The fraction of sp³-hybridized carbons (Fsp3) is 0.481. The van der Waals surface area contributed by atoms with E-state index in [-0.39, 0.29) is 25.6 Å². The Bertz CT molecular complexity index is 1000. The Balaban J connectivity index is 1.27. The van der Waals surface area contributed by atoms with Crippen molar-refractivity contribution in [2.24, 2.45) is 0 Å². The lowest BCUT2D eigenvalue weighted by atomic mass is 9.90. The van der Waals surface area contributed by atoms with Gasteiger partial charge >= 0.3 is 12.2 Å². The lowest BCUT2D eigenvalue weighted by molar-refractivity contribution is -0.0467. The summed E-state index contributed by atoms with van der Waals surface area (Å²) < 4.78 is 11.0. The summed E-state index contributed by atoms with van der Waals surface area (Å²) in [6.45, 7) is 6.70. The van der Waals surface area contributed by atoms with Crippen LogP contribution in [-0.4, -0.2) is 59.6 Å². The molecule has 0 saturated carbocycles. The highest BCUT2D eigenvalue weighted by Gasteiger charge is 2.36. The molecule has 1 atom stereocenters. The Labute approximate surface area is 201 Å². The van der Waals surface area contributed by atoms with Crippen molar-refractivity contribution in [2.45, 2.75) is 57.2 Å². The van der Waals surface area contributed by atoms with Crippen LogP contribution in [-0.2, 0) is 9.47 Å². The Morgan fingerprint density at radius 3 is 2.32 bits per heavy atom. The highest BCUT2D eigenvalue weighted by molar-refractivity contribution is 5.79. The molecule has 1 saturated heterocycles. The number of hydrogen-bond donors (Lipinski definition) is 2. The number of piperidine rings is 1. The van der Waals surface area contributed by atoms with Crippen molar-refractivity contribution in [1.29, 1.82) is 0 Å². The summed E-state index contributed by atoms with van der Waals surface area (Å²) in [6.07, 6.45) is 0.649. The van der Waals surface area contributed by atoms with Gasteiger partial charge in [0.1, 0.15) is 12.2 Å². The second kappa shape index (κ2) is 9.66. The summed E-state index contributed by atoms with van der Waals surface area (Å²) in [7, 11) is 0. The number of benzene rings is 2. The van der Waals surface area contributed by atoms with Crippen molar-refractivity contribution >= 4 is 12.2 Å². The number of ether oxygens (including phenoxy) is 2. The number of amides is 2. The molecule has 2 aromatic rings. The third-order valence-electron chi connectivity index (χ3n) is 6.41. The average Bonchev–Trinajstić information content (AvgIpc) is 3.10. The van der Waals surface area contributed by atoms with Crippen LogP contribution in [0.15, 0.2) is 48.5 Å². The van der Waals surface area contributed by atoms with Crippen LogP contribution in [0.2, 0.25) is 0 Å². The second-order valence-corrected chi connectivity index (χ2v) is 10.2. The average molecular weight is 467 g/mol. The Kier molecular flexibility index (Phi) is 6.84. The molecule has 0 bridgehead atoms. The normalized spacial score (nSPS) is 19.8. The zero-order valence-corrected chi connectivity index (χ0v) is 20.2. The maximum absolute atomic E-state index is 12.4. The minimum absolute atomic E-state index is 0.00284. The molecule has 0 spiro atoms. The molecule has 0 radical (unpaired) electrons. The molecule has 2 aliphatic rings. The zero-order chi connectivity index (χ0) is 24.3. The van der Waals surface area contributed by atoms with Gasteiger partial charge in [-0.2, -0.15) is 0 Å². The fourth-order valence-electron chi connectivity index (χ4n) is 4.85. The lowest BCUT2D eigenvalue weighted by Gasteiger charge is -2.39. The minimum atomic E-state index is -1.06. The second-order valence-electron chi connectivity index (χ2n) is 10.2. The number of nitrogens with one attached hydrogen (secondary N) is 1. The molecular weight excluding hydrogens is 432 g/mol. The van der Waals surface area contributed by atoms with Crippen molar-refractivity contribution in [2.75, 3.05) is 26.2 Å². The van der Waals surface area contributed by atoms with Crippen LogP contribution in [0.1, 0.15) is 57.1 Å². The molecule has 1 unspecified atom stereocenters. The lowest BCUT2D eigenvalue weighted by Crippen LogP contribution is -2.52. The highest BCUT2D eigenvalue weighted by atomic mass is 16.6. The molecule has 34 heavy (non-hydrogen) atoms. The maximum atomic E-state index is 12.4. The van der Waals surface area contributed by atoms with Gasteiger partial charge in [0.25, 0.3) is 0 Å². The number of aliphatic hydroxyl groups is 1. The van der Waals surface area contributed by atoms with E-state index in [2.05, 4.69) is 29.6 Å². The molecule has 0 aromatic heterocycles. The van der Waals surface area contributed by atoms with E-state index in [1.54, 1.807) is 4.90 Å². The SMILES string of the molecule is CC(C)(C)OC(=O)N1CCCC(O)(CCNC(=O)OCC2c3ccccc3-c3ccccc32)C1. The smallest absolute Gasteiger partial charge is 0.410 e. The standard InChI is InChI=1S/C27H34N2O5/c1-26(2,3)34-25(31)29-16-8-13-27(32,18-29)14-15-28-24(30)33-17-23-21-11-6-4-9-19(21)20-10-5-7-12-22(20)23/h4-7,9-12,23,32H,8,13-18H2,1-3H3,(H,28,30). The van der Waals surface area contributed by atoms with E-state index in [1.165, 1.54) is 11.1 Å². The molecule has 7 nitrogen and oxygen atoms in total. The summed E-state index contributed by atoms with van der Waals surface area (Å²) in [6, 6.07) is 16.4. The molecule has 4 rings (SSSR count). The van der Waals surface area contributed by atoms with Crippen molar-refractivity contribution in [3.63, 3.8) is 0 Å². The van der Waals surface area contributed by atoms with Gasteiger partial charge in [0.15, 0.2) is 0 Å². The number of fused-ring (bicyclic) bond motifs is 3. The van der Waals surface area contributed by atoms with Gasteiger partial charge in [-0.1, -0.05) is 48.5 Å². The fourth-order valence-corrected chi connectivity index (χ4v) is 4.85. The largest absolute Gasteiger partial charge is 0.449 e. The molecule has 2 N–H and O–H groups in total. The summed E-state index contributed by atoms with van der Waals surface area (Å²) in [5.74, 6) is 0.00284. The van der Waals surface area contributed by atoms with Crippen LogP contribution >= 0.6 is 0 Å². The van der Waals surface area contributed by atoms with Gasteiger partial charge in [0.05, 0.1) is 12.1 Å². The number of carbonyl (C=O) groups is 2. The topological polar surface area (TPSA) is 88.1 Å². The van der Waals surface area contributed by atoms with Crippen molar-refractivity contribution in [3.05, 3.63) is 59.7 Å². The predicted octanol–water partition coefficient (Wildman–Crippen LogP) is 4.68. The molecule has 1 fully saturated rings. The quantitative estimate of drug-likeness (QED) is 0.668. The van der Waals surface area contributed by atoms with E-state index in [1.807, 2.05) is 45.0 Å². The molecule has 1 heterocycles. The molecule has 7 heteroatoms. The van der Waals surface area contributed by atoms with Gasteiger partial charge in [-0.15, -0.1) is 0 Å². The van der Waals surface area contributed by atoms with Crippen molar-refractivity contribution in [1.82, 2.24) is 10.2 Å². The van der Waals surface area contributed by atoms with E-state index < -0.39 is 23.4 Å². The molecule has 2 amide bonds. The van der Waals surface area contributed by atoms with Gasteiger partial charge in [0.2, 0.25) is 0 Å². The van der Waals surface area contributed by atoms with E-state index in [9.17, 15) is 14.7 Å². The van der Waals surface area contributed by atoms with E-state index in [4.69, 9.17) is 9.47 Å². The Morgan fingerprint density at radius 2 is 1.71 bits per heavy atom. The van der Waals surface area contributed by atoms with Crippen LogP contribution in [0.25, 0.3) is 11.1 Å². The van der Waals surface area contributed by atoms with E-state index >= 15 is 0 Å². The van der Waals surface area contributed by atoms with E-state index in [0.29, 0.717) is 25.8 Å². The third-order valence-corrected chi connectivity index (χ3v) is 6.41. The first-order chi connectivity index (χ1) is 16.2. The number of rotatable bonds is 5. The monoisotopic (exact) mass is 466 g/mol. The van der Waals surface area contributed by atoms with Crippen LogP contribution < -0.4 is 5.32 Å². The number of nitrogens with zero attached hydrogens (tertiary/aromatic N) is 1. The number of carbonyl (C=O) groups excluding carboxylic acids is 2. The van der Waals surface area contributed by atoms with Gasteiger partial charge < -0.3 is 24.8 Å². The predicted molar refractivity (Wildman–Crippen MR) is 130 cm³/mol. The number of hydrogen-bond acceptors (Lipinski definition) is 5. The first-order valence-corrected chi connectivity index (χ1v) is 11.9. The summed E-state index contributed by atoms with van der Waals surface area (Å²) in [4.78, 5) is 26.3. The van der Waals surface area contributed by atoms with E-state index in [0.717, 1.165) is 11.1 Å². The van der Waals surface area contributed by atoms with Crippen LogP contribution in [0.5, 0.6) is 0 Å². The molecule has 1 aliphatic heterocycles. The number of likely N-dealkylation sites (tertiary alicyclic amines) is 1. The summed E-state index contributed by atoms with van der Waals surface area (Å²) in [5.41, 5.74) is 3.04. The molecule has 1 aliphatic carbocycles. The summed E-state index contributed by atoms with van der Waals surface area (Å²) in [5, 5.41) is 13.7. The van der Waals surface area contributed by atoms with Crippen molar-refractivity contribution < 1.29 is 24.2 Å². The number of alkyl carbamates (subject to hydrolysis) is 1. The zero-order valence-electron chi connectivity index (χ0n) is 20.2. The highest BCUT2D eigenvalue weighted by Crippen LogP contribution is 2.44. The molecule has 182 valence electrons. The van der Waals surface area contributed by atoms with Crippen molar-refractivity contribution in [3.8, 4) is 11.1 Å². The third kappa shape index (κ3) is 5.53. The van der Waals surface area contributed by atoms with Crippen LogP contribution in [0, 0.1) is 0 Å². The molecular formula is C27H34N2O5. The van der Waals surface area contributed by atoms with Crippen LogP contribution in [0.3, 0.4) is 0 Å². The first-order valence-electron chi connectivity index (χ1n) is 11.9. The minimum Gasteiger partial charge on any atom is -0.449 e. The van der Waals surface area contributed by atoms with Gasteiger partial charge in [0, 0.05) is 19.0 Å². The first kappa shape index (κ1) is 24.1. The van der Waals surface area contributed by atoms with Gasteiger partial charge in [-0.05, 0) is 62.3 Å². The Hall–Kier alpha value is -3.06. The summed E-state index contributed by atoms with van der Waals surface area (Å²) >= 11 is 0. The van der Waals surface area contributed by atoms with Crippen LogP contribution in [0.4, 0.5) is 9.59 Å². The number of β-amino-alcohol motifs (C(OH)–C–C–N with tert-alkyl or cyclic N) is 1. The Morgan fingerprint density at radius 1 is 1.09 bits per heavy atom. The maximum Gasteiger partial charge on any atom is 0.410 e. The van der Waals surface area contributed by atoms with Gasteiger partial charge in [-0.25, -0.2) is 9.59 Å².